The number of aromatic nitrogens is 5. The highest BCUT2D eigenvalue weighted by Gasteiger charge is 2.43. The zero-order valence-corrected chi connectivity index (χ0v) is 27.5. The van der Waals surface area contributed by atoms with Gasteiger partial charge >= 0.3 is 0 Å². The van der Waals surface area contributed by atoms with Crippen molar-refractivity contribution in [2.45, 2.75) is 41.5 Å². The van der Waals surface area contributed by atoms with Gasteiger partial charge in [-0.2, -0.15) is 4.31 Å². The Bertz CT molecular complexity index is 2070. The predicted octanol–water partition coefficient (Wildman–Crippen LogP) is 3.10. The zero-order chi connectivity index (χ0) is 32.8. The van der Waals surface area contributed by atoms with E-state index in [9.17, 15) is 23.1 Å². The highest BCUT2D eigenvalue weighted by Crippen LogP contribution is 2.39. The van der Waals surface area contributed by atoms with Gasteiger partial charge in [0, 0.05) is 74.1 Å². The van der Waals surface area contributed by atoms with Crippen molar-refractivity contribution in [3.63, 3.8) is 0 Å². The molecule has 0 bridgehead atoms. The number of rotatable bonds is 7. The van der Waals surface area contributed by atoms with E-state index in [1.807, 2.05) is 37.4 Å². The van der Waals surface area contributed by atoms with Crippen LogP contribution in [0.5, 0.6) is 0 Å². The number of piperidine rings is 2. The fourth-order valence-corrected chi connectivity index (χ4v) is 9.70. The minimum Gasteiger partial charge on any atom is -0.388 e. The normalized spacial score (nSPS) is 20.4. The number of aliphatic hydroxyl groups is 1. The van der Waals surface area contributed by atoms with E-state index in [0.29, 0.717) is 43.4 Å². The number of benzene rings is 1. The van der Waals surface area contributed by atoms with Gasteiger partial charge in [0.1, 0.15) is 22.5 Å². The van der Waals surface area contributed by atoms with Gasteiger partial charge in [0.15, 0.2) is 0 Å². The first-order valence-corrected chi connectivity index (χ1v) is 17.8. The molecule has 0 unspecified atom stereocenters. The fraction of sp³-hybridized carbons (Fsp3) is 0.364. The second kappa shape index (κ2) is 12.4. The Kier molecular flexibility index (Phi) is 8.28. The molecule has 2 atom stereocenters. The number of sulfonamides is 1. The predicted molar refractivity (Wildman–Crippen MR) is 177 cm³/mol. The quantitative estimate of drug-likeness (QED) is 0.278. The minimum absolute atomic E-state index is 0.0371. The third-order valence-electron chi connectivity index (χ3n) is 9.46. The number of amides is 1. The third kappa shape index (κ3) is 6.02. The van der Waals surface area contributed by atoms with Crippen molar-refractivity contribution in [3.05, 3.63) is 95.7 Å². The second-order valence-corrected chi connectivity index (χ2v) is 15.7. The molecule has 1 N–H and O–H groups in total. The van der Waals surface area contributed by atoms with E-state index < -0.39 is 21.5 Å². The fourth-order valence-electron chi connectivity index (χ4n) is 6.79. The van der Waals surface area contributed by atoms with Crippen molar-refractivity contribution in [2.75, 3.05) is 26.2 Å². The minimum atomic E-state index is -3.81. The highest BCUT2D eigenvalue weighted by molar-refractivity contribution is 7.91. The first-order valence-electron chi connectivity index (χ1n) is 15.5. The van der Waals surface area contributed by atoms with Crippen LogP contribution in [0.4, 0.5) is 0 Å². The lowest BCUT2D eigenvalue weighted by atomic mass is 9.80. The maximum atomic E-state index is 14.1. The SMILES string of the molecule is Cn1ccc2c(=O)n(CC3(O)CCN(C(=O)[C@@H]4CCN(S(=O)(=O)c5ccc(-c6cncnc6)s5)C[C@H]4c4ccccc4)CC3)cnc21. The van der Waals surface area contributed by atoms with Crippen LogP contribution < -0.4 is 5.56 Å². The van der Waals surface area contributed by atoms with Gasteiger partial charge in [-0.15, -0.1) is 11.3 Å². The smallest absolute Gasteiger partial charge is 0.262 e. The molecule has 2 fully saturated rings. The van der Waals surface area contributed by atoms with Crippen molar-refractivity contribution < 1.29 is 18.3 Å². The molecule has 47 heavy (non-hydrogen) atoms. The van der Waals surface area contributed by atoms with Gasteiger partial charge in [-0.25, -0.2) is 23.4 Å². The Morgan fingerprint density at radius 2 is 1.79 bits per heavy atom. The highest BCUT2D eigenvalue weighted by atomic mass is 32.2. The van der Waals surface area contributed by atoms with Crippen LogP contribution in [0.25, 0.3) is 21.5 Å². The van der Waals surface area contributed by atoms with Crippen molar-refractivity contribution in [1.82, 2.24) is 33.3 Å². The van der Waals surface area contributed by atoms with Crippen LogP contribution in [0.2, 0.25) is 0 Å². The topological polar surface area (TPSA) is 144 Å². The molecule has 2 aliphatic rings. The summed E-state index contributed by atoms with van der Waals surface area (Å²) in [6.07, 6.45) is 8.99. The van der Waals surface area contributed by atoms with Crippen molar-refractivity contribution in [3.8, 4) is 10.4 Å². The summed E-state index contributed by atoms with van der Waals surface area (Å²) in [5.41, 5.74) is 0.887. The maximum absolute atomic E-state index is 14.1. The molecule has 0 radical (unpaired) electrons. The van der Waals surface area contributed by atoms with Gasteiger partial charge in [0.2, 0.25) is 5.91 Å². The number of likely N-dealkylation sites (tertiary alicyclic amines) is 1. The molecular weight excluding hydrogens is 639 g/mol. The maximum Gasteiger partial charge on any atom is 0.262 e. The Balaban J connectivity index is 1.06. The van der Waals surface area contributed by atoms with Gasteiger partial charge in [0.05, 0.1) is 17.5 Å². The van der Waals surface area contributed by atoms with Gasteiger partial charge in [0.25, 0.3) is 15.6 Å². The number of aryl methyl sites for hydroxylation is 1. The molecule has 5 aromatic rings. The first kappa shape index (κ1) is 31.4. The molecule has 12 nitrogen and oxygen atoms in total. The van der Waals surface area contributed by atoms with Crippen LogP contribution in [0, 0.1) is 5.92 Å². The monoisotopic (exact) mass is 673 g/mol. The van der Waals surface area contributed by atoms with E-state index in [0.717, 1.165) is 16.0 Å². The average molecular weight is 674 g/mol. The van der Waals surface area contributed by atoms with E-state index in [1.54, 1.807) is 46.3 Å². The molecule has 4 aromatic heterocycles. The summed E-state index contributed by atoms with van der Waals surface area (Å²) < 4.78 is 32.7. The number of fused-ring (bicyclic) bond motifs is 1. The lowest BCUT2D eigenvalue weighted by Crippen LogP contribution is -2.53. The number of hydrogen-bond acceptors (Lipinski definition) is 9. The number of hydrogen-bond donors (Lipinski definition) is 1. The van der Waals surface area contributed by atoms with Crippen LogP contribution in [-0.2, 0) is 28.4 Å². The molecule has 0 spiro atoms. The van der Waals surface area contributed by atoms with Crippen LogP contribution in [0.3, 0.4) is 0 Å². The molecule has 1 amide bonds. The lowest BCUT2D eigenvalue weighted by Gasteiger charge is -2.43. The molecule has 6 heterocycles. The Morgan fingerprint density at radius 1 is 1.04 bits per heavy atom. The van der Waals surface area contributed by atoms with Gasteiger partial charge in [-0.1, -0.05) is 30.3 Å². The van der Waals surface area contributed by atoms with Crippen LogP contribution in [0.1, 0.15) is 30.7 Å². The van der Waals surface area contributed by atoms with E-state index >= 15 is 0 Å². The number of carbonyl (C=O) groups is 1. The zero-order valence-electron chi connectivity index (χ0n) is 25.8. The Morgan fingerprint density at radius 3 is 2.53 bits per heavy atom. The van der Waals surface area contributed by atoms with Crippen LogP contribution >= 0.6 is 11.3 Å². The summed E-state index contributed by atoms with van der Waals surface area (Å²) in [5, 5.41) is 12.0. The average Bonchev–Trinajstić information content (AvgIpc) is 3.75. The number of nitrogens with zero attached hydrogens (tertiary/aromatic N) is 7. The summed E-state index contributed by atoms with van der Waals surface area (Å²) in [4.78, 5) is 42.2. The summed E-state index contributed by atoms with van der Waals surface area (Å²) in [6, 6.07) is 14.7. The van der Waals surface area contributed by atoms with E-state index in [1.165, 1.54) is 32.9 Å². The second-order valence-electron chi connectivity index (χ2n) is 12.4. The first-order chi connectivity index (χ1) is 22.6. The third-order valence-corrected chi connectivity index (χ3v) is 12.9. The molecular formula is C33H35N7O5S2. The largest absolute Gasteiger partial charge is 0.388 e. The molecule has 7 rings (SSSR count). The van der Waals surface area contributed by atoms with E-state index in [-0.39, 0.29) is 41.2 Å². The van der Waals surface area contributed by atoms with Gasteiger partial charge in [-0.3, -0.25) is 14.2 Å². The Hall–Kier alpha value is -4.24. The lowest BCUT2D eigenvalue weighted by molar-refractivity contribution is -0.142. The van der Waals surface area contributed by atoms with Crippen LogP contribution in [0.15, 0.2) is 88.8 Å². The molecule has 2 saturated heterocycles. The van der Waals surface area contributed by atoms with Crippen molar-refractivity contribution >= 4 is 38.3 Å². The Labute approximate surface area is 276 Å². The summed E-state index contributed by atoms with van der Waals surface area (Å²) in [6.45, 7) is 1.18. The van der Waals surface area contributed by atoms with Gasteiger partial charge < -0.3 is 14.6 Å². The standard InChI is InChI=1S/C33H35N7O5S2/c1-37-13-9-26-30(37)36-22-39(32(26)42)20-33(43)11-15-38(16-12-33)31(41)25-10-14-40(19-27(25)23-5-3-2-4-6-23)47(44,45)29-8-7-28(46-29)24-17-34-21-35-18-24/h2-9,13,17-18,21-22,25,27,43H,10-12,14-16,19-20H2,1H3/t25-,27+/m1/s1. The number of thiophene rings is 1. The van der Waals surface area contributed by atoms with E-state index in [4.69, 9.17) is 0 Å². The number of carbonyl (C=O) groups excluding carboxylic acids is 1. The van der Waals surface area contributed by atoms with Crippen molar-refractivity contribution in [2.24, 2.45) is 13.0 Å². The molecule has 14 heteroatoms. The summed E-state index contributed by atoms with van der Waals surface area (Å²) >= 11 is 1.18. The molecule has 0 saturated carbocycles. The summed E-state index contributed by atoms with van der Waals surface area (Å²) in [5.74, 6) is -0.787. The van der Waals surface area contributed by atoms with Crippen molar-refractivity contribution in [1.29, 1.82) is 0 Å². The molecule has 1 aromatic carbocycles. The van der Waals surface area contributed by atoms with Gasteiger partial charge in [-0.05, 0) is 43.0 Å². The molecule has 2 aliphatic heterocycles. The van der Waals surface area contributed by atoms with Crippen LogP contribution in [-0.4, -0.2) is 84.5 Å². The van der Waals surface area contributed by atoms with E-state index in [2.05, 4.69) is 15.0 Å². The summed E-state index contributed by atoms with van der Waals surface area (Å²) in [7, 11) is -1.98. The molecule has 244 valence electrons. The molecule has 0 aliphatic carbocycles.